The average Bonchev–Trinajstić information content (AvgIpc) is 2.26. The van der Waals surface area contributed by atoms with Gasteiger partial charge in [-0.2, -0.15) is 0 Å². The number of halogens is 1. The molecule has 2 nitrogen and oxygen atoms in total. The summed E-state index contributed by atoms with van der Waals surface area (Å²) in [7, 11) is 0. The third-order valence-corrected chi connectivity index (χ3v) is 2.76. The third-order valence-electron chi connectivity index (χ3n) is 2.26. The van der Waals surface area contributed by atoms with Gasteiger partial charge in [-0.15, -0.1) is 0 Å². The van der Waals surface area contributed by atoms with Gasteiger partial charge in [0.05, 0.1) is 6.10 Å². The molecule has 2 aromatic carbocycles. The van der Waals surface area contributed by atoms with E-state index in [1.54, 1.807) is 6.92 Å². The van der Waals surface area contributed by atoms with E-state index < -0.39 is 6.10 Å². The van der Waals surface area contributed by atoms with Gasteiger partial charge in [0, 0.05) is 4.47 Å². The predicted octanol–water partition coefficient (Wildman–Crippen LogP) is 3.36. The molecule has 1 unspecified atom stereocenters. The lowest BCUT2D eigenvalue weighted by Gasteiger charge is -2.08. The summed E-state index contributed by atoms with van der Waals surface area (Å²) in [5.41, 5.74) is 0. The van der Waals surface area contributed by atoms with Crippen LogP contribution in [-0.4, -0.2) is 17.8 Å². The number of fused-ring (bicyclic) bond motifs is 1. The first-order valence-electron chi connectivity index (χ1n) is 5.15. The fourth-order valence-electron chi connectivity index (χ4n) is 1.50. The highest BCUT2D eigenvalue weighted by Crippen LogP contribution is 2.24. The van der Waals surface area contributed by atoms with Crippen molar-refractivity contribution in [1.29, 1.82) is 0 Å². The van der Waals surface area contributed by atoms with Gasteiger partial charge in [0.2, 0.25) is 0 Å². The molecule has 0 aromatic heterocycles. The lowest BCUT2D eigenvalue weighted by atomic mass is 10.1. The Kier molecular flexibility index (Phi) is 3.46. The minimum absolute atomic E-state index is 0.321. The molecule has 3 heteroatoms. The van der Waals surface area contributed by atoms with Gasteiger partial charge in [-0.25, -0.2) is 0 Å². The molecule has 0 radical (unpaired) electrons. The molecular formula is C13H13BrO2. The fourth-order valence-corrected chi connectivity index (χ4v) is 1.88. The molecule has 0 aliphatic rings. The van der Waals surface area contributed by atoms with E-state index >= 15 is 0 Å². The third kappa shape index (κ3) is 2.74. The van der Waals surface area contributed by atoms with Gasteiger partial charge in [-0.05, 0) is 42.0 Å². The smallest absolute Gasteiger partial charge is 0.120 e. The Balaban J connectivity index is 2.26. The number of aliphatic hydroxyl groups excluding tert-OH is 1. The molecule has 2 rings (SSSR count). The van der Waals surface area contributed by atoms with Crippen LogP contribution in [0, 0.1) is 0 Å². The first-order valence-corrected chi connectivity index (χ1v) is 5.94. The van der Waals surface area contributed by atoms with Crippen molar-refractivity contribution in [2.45, 2.75) is 13.0 Å². The van der Waals surface area contributed by atoms with Crippen molar-refractivity contribution in [1.82, 2.24) is 0 Å². The number of aliphatic hydroxyl groups is 1. The van der Waals surface area contributed by atoms with E-state index in [0.717, 1.165) is 15.6 Å². The molecule has 0 saturated heterocycles. The van der Waals surface area contributed by atoms with Crippen molar-refractivity contribution in [2.24, 2.45) is 0 Å². The molecule has 0 heterocycles. The lowest BCUT2D eigenvalue weighted by Crippen LogP contribution is -2.12. The van der Waals surface area contributed by atoms with E-state index in [1.165, 1.54) is 5.39 Å². The number of ether oxygens (including phenoxy) is 1. The quantitative estimate of drug-likeness (QED) is 0.934. The molecule has 0 amide bonds. The Hall–Kier alpha value is -1.06. The first-order chi connectivity index (χ1) is 7.65. The van der Waals surface area contributed by atoms with Crippen molar-refractivity contribution in [2.75, 3.05) is 6.61 Å². The fraction of sp³-hybridized carbons (Fsp3) is 0.231. The van der Waals surface area contributed by atoms with Gasteiger partial charge in [0.25, 0.3) is 0 Å². The Morgan fingerprint density at radius 2 is 1.88 bits per heavy atom. The van der Waals surface area contributed by atoms with Crippen LogP contribution in [0.1, 0.15) is 6.92 Å². The molecule has 0 saturated carbocycles. The van der Waals surface area contributed by atoms with Crippen LogP contribution < -0.4 is 4.74 Å². The van der Waals surface area contributed by atoms with Gasteiger partial charge in [-0.1, -0.05) is 28.1 Å². The number of benzene rings is 2. The van der Waals surface area contributed by atoms with Crippen LogP contribution in [0.25, 0.3) is 10.8 Å². The Labute approximate surface area is 103 Å². The highest BCUT2D eigenvalue weighted by Gasteiger charge is 2.00. The Morgan fingerprint density at radius 3 is 2.62 bits per heavy atom. The second kappa shape index (κ2) is 4.85. The maximum absolute atomic E-state index is 9.13. The average molecular weight is 281 g/mol. The monoisotopic (exact) mass is 280 g/mol. The van der Waals surface area contributed by atoms with Crippen LogP contribution >= 0.6 is 15.9 Å². The zero-order valence-corrected chi connectivity index (χ0v) is 10.6. The predicted molar refractivity (Wildman–Crippen MR) is 68.8 cm³/mol. The summed E-state index contributed by atoms with van der Waals surface area (Å²) in [6.45, 7) is 2.03. The number of rotatable bonds is 3. The molecule has 2 aromatic rings. The van der Waals surface area contributed by atoms with Crippen LogP contribution in [0.5, 0.6) is 5.75 Å². The summed E-state index contributed by atoms with van der Waals surface area (Å²) in [5.74, 6) is 0.788. The van der Waals surface area contributed by atoms with Crippen molar-refractivity contribution < 1.29 is 9.84 Å². The standard InChI is InChI=1S/C13H13BrO2/c1-9(15)8-16-13-5-3-10-6-12(14)4-2-11(10)7-13/h2-7,9,15H,8H2,1H3. The van der Waals surface area contributed by atoms with Crippen LogP contribution in [0.15, 0.2) is 40.9 Å². The summed E-state index contributed by atoms with van der Waals surface area (Å²) >= 11 is 3.44. The Bertz CT molecular complexity index is 494. The normalized spacial score (nSPS) is 12.7. The van der Waals surface area contributed by atoms with E-state index in [0.29, 0.717) is 6.61 Å². The molecule has 0 aliphatic heterocycles. The summed E-state index contributed by atoms with van der Waals surface area (Å²) in [6, 6.07) is 12.0. The molecule has 0 aliphatic carbocycles. The minimum Gasteiger partial charge on any atom is -0.491 e. The van der Waals surface area contributed by atoms with Crippen LogP contribution in [-0.2, 0) is 0 Å². The molecule has 0 spiro atoms. The van der Waals surface area contributed by atoms with Gasteiger partial charge in [0.15, 0.2) is 0 Å². The van der Waals surface area contributed by atoms with Crippen molar-refractivity contribution in [3.63, 3.8) is 0 Å². The summed E-state index contributed by atoms with van der Waals surface area (Å²) in [6.07, 6.45) is -0.444. The zero-order chi connectivity index (χ0) is 11.5. The minimum atomic E-state index is -0.444. The topological polar surface area (TPSA) is 29.5 Å². The maximum atomic E-state index is 9.13. The highest BCUT2D eigenvalue weighted by molar-refractivity contribution is 9.10. The lowest BCUT2D eigenvalue weighted by molar-refractivity contribution is 0.123. The summed E-state index contributed by atoms with van der Waals surface area (Å²) in [5, 5.41) is 11.4. The molecule has 16 heavy (non-hydrogen) atoms. The van der Waals surface area contributed by atoms with Crippen LogP contribution in [0.3, 0.4) is 0 Å². The largest absolute Gasteiger partial charge is 0.491 e. The molecule has 84 valence electrons. The van der Waals surface area contributed by atoms with Gasteiger partial charge < -0.3 is 9.84 Å². The van der Waals surface area contributed by atoms with Gasteiger partial charge in [0.1, 0.15) is 12.4 Å². The molecular weight excluding hydrogens is 268 g/mol. The SMILES string of the molecule is CC(O)COc1ccc2cc(Br)ccc2c1. The zero-order valence-electron chi connectivity index (χ0n) is 8.98. The van der Waals surface area contributed by atoms with Gasteiger partial charge in [-0.3, -0.25) is 0 Å². The van der Waals surface area contributed by atoms with Crippen LogP contribution in [0.2, 0.25) is 0 Å². The molecule has 1 N–H and O–H groups in total. The van der Waals surface area contributed by atoms with Crippen molar-refractivity contribution >= 4 is 26.7 Å². The van der Waals surface area contributed by atoms with Crippen molar-refractivity contribution in [3.05, 3.63) is 40.9 Å². The first kappa shape index (κ1) is 11.4. The van der Waals surface area contributed by atoms with E-state index in [1.807, 2.05) is 30.3 Å². The number of hydrogen-bond donors (Lipinski definition) is 1. The van der Waals surface area contributed by atoms with Crippen LogP contribution in [0.4, 0.5) is 0 Å². The second-order valence-corrected chi connectivity index (χ2v) is 4.73. The van der Waals surface area contributed by atoms with E-state index in [-0.39, 0.29) is 0 Å². The maximum Gasteiger partial charge on any atom is 0.120 e. The summed E-state index contributed by atoms with van der Waals surface area (Å²) < 4.78 is 6.51. The summed E-state index contributed by atoms with van der Waals surface area (Å²) in [4.78, 5) is 0. The van der Waals surface area contributed by atoms with Crippen molar-refractivity contribution in [3.8, 4) is 5.75 Å². The van der Waals surface area contributed by atoms with Gasteiger partial charge >= 0.3 is 0 Å². The van der Waals surface area contributed by atoms with E-state index in [2.05, 4.69) is 22.0 Å². The van der Waals surface area contributed by atoms with E-state index in [4.69, 9.17) is 9.84 Å². The molecule has 0 bridgehead atoms. The highest BCUT2D eigenvalue weighted by atomic mass is 79.9. The second-order valence-electron chi connectivity index (χ2n) is 3.81. The molecule has 1 atom stereocenters. The Morgan fingerprint density at radius 1 is 1.19 bits per heavy atom. The van der Waals surface area contributed by atoms with E-state index in [9.17, 15) is 0 Å². The molecule has 0 fully saturated rings. The number of hydrogen-bond acceptors (Lipinski definition) is 2.